The maximum Gasteiger partial charge on any atom is 0.254 e. The highest BCUT2D eigenvalue weighted by Gasteiger charge is 2.30. The Labute approximate surface area is 175 Å². The van der Waals surface area contributed by atoms with Crippen molar-refractivity contribution >= 4 is 11.7 Å². The minimum Gasteiger partial charge on any atom is -0.378 e. The number of hydrogen-bond acceptors (Lipinski definition) is 6. The molecule has 7 nitrogen and oxygen atoms in total. The highest BCUT2D eigenvalue weighted by molar-refractivity contribution is 5.95. The second-order valence-corrected chi connectivity index (χ2v) is 7.82. The van der Waals surface area contributed by atoms with Gasteiger partial charge in [-0.25, -0.2) is 4.98 Å². The van der Waals surface area contributed by atoms with Crippen LogP contribution >= 0.6 is 0 Å². The van der Waals surface area contributed by atoms with E-state index in [0.29, 0.717) is 31.9 Å². The van der Waals surface area contributed by atoms with Gasteiger partial charge in [0.05, 0.1) is 18.9 Å². The average molecular weight is 404 g/mol. The first-order chi connectivity index (χ1) is 14.6. The third kappa shape index (κ3) is 3.25. The molecule has 2 aliphatic rings. The average Bonchev–Trinajstić information content (AvgIpc) is 3.35. The molecule has 4 heterocycles. The Morgan fingerprint density at radius 1 is 1.17 bits per heavy atom. The summed E-state index contributed by atoms with van der Waals surface area (Å²) >= 11 is 0. The van der Waals surface area contributed by atoms with Crippen molar-refractivity contribution in [2.45, 2.75) is 19.8 Å². The van der Waals surface area contributed by atoms with Gasteiger partial charge >= 0.3 is 0 Å². The summed E-state index contributed by atoms with van der Waals surface area (Å²) < 4.78 is 10.7. The smallest absolute Gasteiger partial charge is 0.254 e. The maximum atomic E-state index is 12.9. The number of aryl methyl sites for hydroxylation is 2. The van der Waals surface area contributed by atoms with Crippen LogP contribution in [0, 0.1) is 13.8 Å². The lowest BCUT2D eigenvalue weighted by Gasteiger charge is -2.27. The van der Waals surface area contributed by atoms with Crippen LogP contribution in [0.25, 0.3) is 11.1 Å². The number of anilines is 1. The Hall–Kier alpha value is -3.19. The van der Waals surface area contributed by atoms with Gasteiger partial charge in [-0.15, -0.1) is 0 Å². The van der Waals surface area contributed by atoms with Gasteiger partial charge in [0.15, 0.2) is 0 Å². The lowest BCUT2D eigenvalue weighted by atomic mass is 9.91. The molecule has 1 unspecified atom stereocenters. The van der Waals surface area contributed by atoms with Crippen molar-refractivity contribution < 1.29 is 14.1 Å². The molecule has 3 aromatic rings. The van der Waals surface area contributed by atoms with Crippen LogP contribution in [0.15, 0.2) is 41.1 Å². The lowest BCUT2D eigenvalue weighted by Crippen LogP contribution is -2.40. The molecular weight excluding hydrogens is 380 g/mol. The van der Waals surface area contributed by atoms with Crippen LogP contribution in [0.2, 0.25) is 0 Å². The van der Waals surface area contributed by atoms with E-state index in [0.717, 1.165) is 46.1 Å². The molecule has 0 aliphatic carbocycles. The minimum absolute atomic E-state index is 0.0459. The molecule has 0 radical (unpaired) electrons. The van der Waals surface area contributed by atoms with Crippen LogP contribution in [0.5, 0.6) is 0 Å². The zero-order chi connectivity index (χ0) is 20.7. The van der Waals surface area contributed by atoms with Crippen molar-refractivity contribution in [2.75, 3.05) is 38.2 Å². The normalized spacial score (nSPS) is 18.2. The van der Waals surface area contributed by atoms with E-state index in [1.807, 2.05) is 49.2 Å². The van der Waals surface area contributed by atoms with E-state index in [1.54, 1.807) is 0 Å². The van der Waals surface area contributed by atoms with E-state index >= 15 is 0 Å². The van der Waals surface area contributed by atoms with Crippen molar-refractivity contribution in [3.63, 3.8) is 0 Å². The number of amides is 1. The summed E-state index contributed by atoms with van der Waals surface area (Å²) in [4.78, 5) is 19.4. The zero-order valence-corrected chi connectivity index (χ0v) is 17.1. The number of carbonyl (C=O) groups excluding carboxylic acids is 1. The van der Waals surface area contributed by atoms with E-state index in [-0.39, 0.29) is 11.8 Å². The number of nitrogens with zero attached hydrogens (tertiary/aromatic N) is 3. The van der Waals surface area contributed by atoms with Crippen molar-refractivity contribution in [2.24, 2.45) is 0 Å². The maximum absolute atomic E-state index is 12.9. The van der Waals surface area contributed by atoms with Gasteiger partial charge < -0.3 is 19.5 Å². The zero-order valence-electron chi connectivity index (χ0n) is 17.1. The number of hydrogen-bond donors (Lipinski definition) is 1. The van der Waals surface area contributed by atoms with Crippen molar-refractivity contribution in [1.82, 2.24) is 15.0 Å². The van der Waals surface area contributed by atoms with Gasteiger partial charge in [-0.2, -0.15) is 0 Å². The number of nitrogens with one attached hydrogen (secondary N) is 1. The van der Waals surface area contributed by atoms with E-state index in [9.17, 15) is 4.79 Å². The fraction of sp³-hybridized carbons (Fsp3) is 0.348. The number of rotatable bonds is 3. The van der Waals surface area contributed by atoms with E-state index in [1.165, 1.54) is 0 Å². The molecule has 30 heavy (non-hydrogen) atoms. The first kappa shape index (κ1) is 18.8. The molecule has 5 rings (SSSR count). The van der Waals surface area contributed by atoms with Crippen molar-refractivity contribution in [3.8, 4) is 11.1 Å². The van der Waals surface area contributed by atoms with Crippen LogP contribution in [0.1, 0.15) is 38.9 Å². The summed E-state index contributed by atoms with van der Waals surface area (Å²) in [6.45, 7) is 7.15. The predicted octanol–water partition coefficient (Wildman–Crippen LogP) is 3.38. The summed E-state index contributed by atoms with van der Waals surface area (Å²) in [6, 6.07) is 9.94. The first-order valence-corrected chi connectivity index (χ1v) is 10.3. The number of carbonyl (C=O) groups is 1. The molecule has 2 aliphatic heterocycles. The molecule has 7 heteroatoms. The van der Waals surface area contributed by atoms with Gasteiger partial charge in [-0.3, -0.25) is 4.79 Å². The van der Waals surface area contributed by atoms with Gasteiger partial charge in [-0.05, 0) is 37.6 Å². The molecular formula is C23H24N4O3. The predicted molar refractivity (Wildman–Crippen MR) is 113 cm³/mol. The largest absolute Gasteiger partial charge is 0.378 e. The van der Waals surface area contributed by atoms with E-state index in [2.05, 4.69) is 21.5 Å². The van der Waals surface area contributed by atoms with Gasteiger partial charge in [-0.1, -0.05) is 17.3 Å². The van der Waals surface area contributed by atoms with Gasteiger partial charge in [0.1, 0.15) is 11.6 Å². The topological polar surface area (TPSA) is 80.5 Å². The fourth-order valence-electron chi connectivity index (χ4n) is 4.39. The Morgan fingerprint density at radius 2 is 2.00 bits per heavy atom. The van der Waals surface area contributed by atoms with E-state index in [4.69, 9.17) is 9.26 Å². The quantitative estimate of drug-likeness (QED) is 0.721. The third-order valence-corrected chi connectivity index (χ3v) is 5.94. The van der Waals surface area contributed by atoms with Crippen LogP contribution in [-0.4, -0.2) is 53.8 Å². The molecule has 2 aromatic heterocycles. The Balaban J connectivity index is 1.48. The second kappa shape index (κ2) is 7.57. The van der Waals surface area contributed by atoms with Crippen LogP contribution in [0.3, 0.4) is 0 Å². The number of aromatic nitrogens is 2. The Morgan fingerprint density at radius 3 is 2.77 bits per heavy atom. The minimum atomic E-state index is 0.0459. The SMILES string of the molecule is Cc1noc(C)c1C1CNc2ncc(-c3cccc(C(=O)N4CCOCC4)c3)cc21. The molecule has 1 aromatic carbocycles. The highest BCUT2D eigenvalue weighted by atomic mass is 16.5. The Kier molecular flexibility index (Phi) is 4.75. The van der Waals surface area contributed by atoms with Crippen LogP contribution < -0.4 is 5.32 Å². The standard InChI is InChI=1S/C23H24N4O3/c1-14-21(15(2)30-26-14)20-13-25-22-19(20)11-18(12-24-22)16-4-3-5-17(10-16)23(28)27-6-8-29-9-7-27/h3-5,10-12,20H,6-9,13H2,1-2H3,(H,24,25). The number of pyridine rings is 1. The molecule has 0 saturated carbocycles. The molecule has 1 atom stereocenters. The third-order valence-electron chi connectivity index (χ3n) is 5.94. The highest BCUT2D eigenvalue weighted by Crippen LogP contribution is 2.39. The summed E-state index contributed by atoms with van der Waals surface area (Å²) in [6.07, 6.45) is 1.86. The molecule has 0 bridgehead atoms. The number of morpholine rings is 1. The monoisotopic (exact) mass is 404 g/mol. The lowest BCUT2D eigenvalue weighted by molar-refractivity contribution is 0.0303. The van der Waals surface area contributed by atoms with Gasteiger partial charge in [0.25, 0.3) is 5.91 Å². The summed E-state index contributed by atoms with van der Waals surface area (Å²) in [5, 5.41) is 7.51. The van der Waals surface area contributed by atoms with E-state index < -0.39 is 0 Å². The summed E-state index contributed by atoms with van der Waals surface area (Å²) in [5.74, 6) is 1.93. The number of ether oxygens (including phenoxy) is 1. The molecule has 1 amide bonds. The van der Waals surface area contributed by atoms with Gasteiger partial charge in [0, 0.05) is 54.0 Å². The second-order valence-electron chi connectivity index (χ2n) is 7.82. The molecule has 1 saturated heterocycles. The Bertz CT molecular complexity index is 1080. The first-order valence-electron chi connectivity index (χ1n) is 10.3. The van der Waals surface area contributed by atoms with Crippen LogP contribution in [0.4, 0.5) is 5.82 Å². The molecule has 0 spiro atoms. The fourth-order valence-corrected chi connectivity index (χ4v) is 4.39. The number of benzene rings is 1. The van der Waals surface area contributed by atoms with Crippen LogP contribution in [-0.2, 0) is 4.74 Å². The molecule has 1 N–H and O–H groups in total. The van der Waals surface area contributed by atoms with Crippen molar-refractivity contribution in [1.29, 1.82) is 0 Å². The number of fused-ring (bicyclic) bond motifs is 1. The molecule has 154 valence electrons. The van der Waals surface area contributed by atoms with Crippen molar-refractivity contribution in [3.05, 3.63) is 64.7 Å². The summed E-state index contributed by atoms with van der Waals surface area (Å²) in [7, 11) is 0. The summed E-state index contributed by atoms with van der Waals surface area (Å²) in [5.41, 5.74) is 5.83. The molecule has 1 fully saturated rings. The van der Waals surface area contributed by atoms with Gasteiger partial charge in [0.2, 0.25) is 0 Å².